The van der Waals surface area contributed by atoms with Gasteiger partial charge in [0.1, 0.15) is 17.7 Å². The molecule has 1 aliphatic heterocycles. The molecule has 0 saturated heterocycles. The predicted octanol–water partition coefficient (Wildman–Crippen LogP) is 7.13. The van der Waals surface area contributed by atoms with Gasteiger partial charge in [-0.2, -0.15) is 13.2 Å². The average molecular weight is 586 g/mol. The van der Waals surface area contributed by atoms with Gasteiger partial charge >= 0.3 is 6.18 Å². The second kappa shape index (κ2) is 12.2. The molecule has 228 valence electrons. The van der Waals surface area contributed by atoms with Crippen LogP contribution in [0.3, 0.4) is 0 Å². The van der Waals surface area contributed by atoms with Crippen molar-refractivity contribution < 1.29 is 27.6 Å². The number of allylic oxidation sites excluding steroid dienone is 3. The van der Waals surface area contributed by atoms with E-state index in [2.05, 4.69) is 26.1 Å². The Kier molecular flexibility index (Phi) is 9.19. The first-order chi connectivity index (χ1) is 19.7. The van der Waals surface area contributed by atoms with Crippen LogP contribution in [0.5, 0.6) is 0 Å². The fourth-order valence-electron chi connectivity index (χ4n) is 6.60. The van der Waals surface area contributed by atoms with Crippen molar-refractivity contribution in [2.45, 2.75) is 97.4 Å². The number of nitrogens with one attached hydrogen (secondary N) is 1. The molecular weight excluding hydrogens is 543 g/mol. The lowest BCUT2D eigenvalue weighted by Gasteiger charge is -2.48. The van der Waals surface area contributed by atoms with Gasteiger partial charge in [-0.25, -0.2) is 0 Å². The van der Waals surface area contributed by atoms with Crippen molar-refractivity contribution in [1.29, 1.82) is 0 Å². The van der Waals surface area contributed by atoms with Crippen LogP contribution in [0, 0.1) is 17.3 Å². The van der Waals surface area contributed by atoms with E-state index in [0.29, 0.717) is 36.3 Å². The van der Waals surface area contributed by atoms with Gasteiger partial charge < -0.3 is 15.0 Å². The molecule has 1 heterocycles. The topological polar surface area (TPSA) is 78.8 Å². The number of alkyl halides is 3. The Balaban J connectivity index is 1.72. The molecule has 1 spiro atoms. The highest BCUT2D eigenvalue weighted by Crippen LogP contribution is 2.50. The zero-order chi connectivity index (χ0) is 30.9. The van der Waals surface area contributed by atoms with Crippen LogP contribution in [0.25, 0.3) is 0 Å². The summed E-state index contributed by atoms with van der Waals surface area (Å²) in [7, 11) is 0. The summed E-state index contributed by atoms with van der Waals surface area (Å²) in [6.07, 6.45) is 2.30. The SMILES string of the molecule is CC(C)C(c1ccc(C(=O)NCCC=O)cc1)N1C(=O)C(C2=CC(C(F)(F)F)=CCC2)=NC12CCC(C(C)(C)C)CC2. The van der Waals surface area contributed by atoms with Crippen LogP contribution in [0.15, 0.2) is 52.6 Å². The minimum atomic E-state index is -4.49. The summed E-state index contributed by atoms with van der Waals surface area (Å²) in [6.45, 7) is 10.9. The van der Waals surface area contributed by atoms with Crippen LogP contribution in [0.4, 0.5) is 13.2 Å². The number of nitrogens with zero attached hydrogens (tertiary/aromatic N) is 2. The molecule has 3 aliphatic rings. The zero-order valence-electron chi connectivity index (χ0n) is 25.2. The van der Waals surface area contributed by atoms with Gasteiger partial charge in [-0.1, -0.05) is 52.8 Å². The maximum atomic E-state index is 14.3. The average Bonchev–Trinajstić information content (AvgIpc) is 3.19. The summed E-state index contributed by atoms with van der Waals surface area (Å²) in [4.78, 5) is 44.3. The highest BCUT2D eigenvalue weighted by atomic mass is 19.4. The molecule has 1 aromatic rings. The van der Waals surface area contributed by atoms with E-state index < -0.39 is 17.4 Å². The van der Waals surface area contributed by atoms with Crippen molar-refractivity contribution in [2.24, 2.45) is 22.2 Å². The summed E-state index contributed by atoms with van der Waals surface area (Å²) in [5, 5.41) is 2.71. The molecule has 42 heavy (non-hydrogen) atoms. The zero-order valence-corrected chi connectivity index (χ0v) is 25.2. The van der Waals surface area contributed by atoms with Crippen molar-refractivity contribution in [3.05, 3.63) is 58.7 Å². The maximum Gasteiger partial charge on any atom is 0.416 e. The second-order valence-corrected chi connectivity index (χ2v) is 13.1. The third-order valence-corrected chi connectivity index (χ3v) is 8.91. The molecule has 1 atom stereocenters. The van der Waals surface area contributed by atoms with Gasteiger partial charge in [0.05, 0.1) is 11.6 Å². The van der Waals surface area contributed by atoms with E-state index in [4.69, 9.17) is 4.99 Å². The van der Waals surface area contributed by atoms with E-state index in [0.717, 1.165) is 30.8 Å². The standard InChI is InChI=1S/C33H42F3N3O3/c1-21(2)28(22-10-12-23(13-11-22)29(41)37-18-7-19-40)39-30(42)27(24-8-6-9-26(20-24)33(34,35)36)38-32(39)16-14-25(15-17-32)31(3,4)5/h9-13,19-21,25,28H,6-8,14-18H2,1-5H3,(H,37,41). The van der Waals surface area contributed by atoms with Gasteiger partial charge in [-0.15, -0.1) is 0 Å². The molecule has 0 radical (unpaired) electrons. The van der Waals surface area contributed by atoms with Gasteiger partial charge in [0.25, 0.3) is 11.8 Å². The Morgan fingerprint density at radius 2 is 1.79 bits per heavy atom. The van der Waals surface area contributed by atoms with Gasteiger partial charge in [0, 0.05) is 18.5 Å². The van der Waals surface area contributed by atoms with Crippen LogP contribution < -0.4 is 5.32 Å². The minimum Gasteiger partial charge on any atom is -0.352 e. The fourth-order valence-corrected chi connectivity index (χ4v) is 6.60. The normalized spacial score (nSPS) is 23.9. The summed E-state index contributed by atoms with van der Waals surface area (Å²) in [5.41, 5.74) is 0.301. The molecule has 1 unspecified atom stereocenters. The molecule has 0 bridgehead atoms. The number of halogens is 3. The largest absolute Gasteiger partial charge is 0.416 e. The van der Waals surface area contributed by atoms with Crippen molar-refractivity contribution in [3.8, 4) is 0 Å². The van der Waals surface area contributed by atoms with E-state index in [1.165, 1.54) is 6.08 Å². The van der Waals surface area contributed by atoms with Crippen LogP contribution in [-0.4, -0.2) is 47.1 Å². The molecule has 1 N–H and O–H groups in total. The number of hydrogen-bond acceptors (Lipinski definition) is 4. The lowest BCUT2D eigenvalue weighted by Crippen LogP contribution is -2.52. The number of hydrogen-bond donors (Lipinski definition) is 1. The number of carbonyl (C=O) groups excluding carboxylic acids is 3. The van der Waals surface area contributed by atoms with Crippen molar-refractivity contribution >= 4 is 23.8 Å². The van der Waals surface area contributed by atoms with Crippen LogP contribution >= 0.6 is 0 Å². The van der Waals surface area contributed by atoms with Crippen molar-refractivity contribution in [3.63, 3.8) is 0 Å². The number of benzene rings is 1. The van der Waals surface area contributed by atoms with E-state index in [-0.39, 0.29) is 54.3 Å². The summed E-state index contributed by atoms with van der Waals surface area (Å²) in [5.74, 6) is -0.197. The summed E-state index contributed by atoms with van der Waals surface area (Å²) >= 11 is 0. The predicted molar refractivity (Wildman–Crippen MR) is 157 cm³/mol. The molecule has 6 nitrogen and oxygen atoms in total. The summed E-state index contributed by atoms with van der Waals surface area (Å²) in [6, 6.07) is 6.69. The second-order valence-electron chi connectivity index (χ2n) is 13.1. The van der Waals surface area contributed by atoms with E-state index in [9.17, 15) is 27.6 Å². The van der Waals surface area contributed by atoms with Crippen LogP contribution in [-0.2, 0) is 9.59 Å². The van der Waals surface area contributed by atoms with Crippen molar-refractivity contribution in [1.82, 2.24) is 10.2 Å². The van der Waals surface area contributed by atoms with Gasteiger partial charge in [-0.3, -0.25) is 14.6 Å². The Labute approximate surface area is 246 Å². The molecule has 1 fully saturated rings. The third kappa shape index (κ3) is 6.55. The lowest BCUT2D eigenvalue weighted by molar-refractivity contribution is -0.135. The molecule has 2 amide bonds. The first-order valence-corrected chi connectivity index (χ1v) is 14.9. The van der Waals surface area contributed by atoms with Crippen LogP contribution in [0.1, 0.15) is 102 Å². The van der Waals surface area contributed by atoms with Gasteiger partial charge in [0.15, 0.2) is 0 Å². The maximum absolute atomic E-state index is 14.3. The minimum absolute atomic E-state index is 0.0288. The first-order valence-electron chi connectivity index (χ1n) is 14.9. The van der Waals surface area contributed by atoms with E-state index in [1.54, 1.807) is 12.1 Å². The molecule has 0 aromatic heterocycles. The highest BCUT2D eigenvalue weighted by Gasteiger charge is 2.53. The molecule has 9 heteroatoms. The number of rotatable bonds is 8. The Morgan fingerprint density at radius 3 is 2.33 bits per heavy atom. The fraction of sp³-hybridized carbons (Fsp3) is 0.576. The first kappa shape index (κ1) is 31.7. The molecule has 4 rings (SSSR count). The molecule has 2 aliphatic carbocycles. The smallest absolute Gasteiger partial charge is 0.352 e. The van der Waals surface area contributed by atoms with Crippen molar-refractivity contribution in [2.75, 3.05) is 6.54 Å². The van der Waals surface area contributed by atoms with E-state index >= 15 is 0 Å². The Bertz CT molecular complexity index is 1280. The number of carbonyl (C=O) groups is 3. The Morgan fingerprint density at radius 1 is 1.14 bits per heavy atom. The number of aliphatic imine (C=N–C) groups is 1. The summed E-state index contributed by atoms with van der Waals surface area (Å²) < 4.78 is 40.9. The monoisotopic (exact) mass is 585 g/mol. The third-order valence-electron chi connectivity index (χ3n) is 8.91. The van der Waals surface area contributed by atoms with Crippen LogP contribution in [0.2, 0.25) is 0 Å². The molecular formula is C33H42F3N3O3. The van der Waals surface area contributed by atoms with Gasteiger partial charge in [0.2, 0.25) is 0 Å². The lowest BCUT2D eigenvalue weighted by atomic mass is 9.69. The van der Waals surface area contributed by atoms with E-state index in [1.807, 2.05) is 30.9 Å². The number of aldehydes is 1. The van der Waals surface area contributed by atoms with Gasteiger partial charge in [-0.05, 0) is 85.1 Å². The quantitative estimate of drug-likeness (QED) is 0.261. The molecule has 1 saturated carbocycles. The highest BCUT2D eigenvalue weighted by molar-refractivity contribution is 6.47. The Hall–Kier alpha value is -3.23. The number of amides is 2. The molecule has 1 aromatic carbocycles.